The van der Waals surface area contributed by atoms with Gasteiger partial charge >= 0.3 is 0 Å². The van der Waals surface area contributed by atoms with Gasteiger partial charge in [-0.05, 0) is 48.9 Å². The highest BCUT2D eigenvalue weighted by atomic mass is 35.6. The molecule has 176 valence electrons. The van der Waals surface area contributed by atoms with Gasteiger partial charge in [0.25, 0.3) is 0 Å². The third-order valence-electron chi connectivity index (χ3n) is 7.25. The van der Waals surface area contributed by atoms with Crippen LogP contribution in [0.25, 0.3) is 0 Å². The zero-order valence-electron chi connectivity index (χ0n) is 20.8. The lowest BCUT2D eigenvalue weighted by atomic mass is 10.1. The summed E-state index contributed by atoms with van der Waals surface area (Å²) in [6.07, 6.45) is 4.27. The summed E-state index contributed by atoms with van der Waals surface area (Å²) in [7, 11) is -2.99. The lowest BCUT2D eigenvalue weighted by Crippen LogP contribution is -2.42. The minimum atomic E-state index is -1.60. The van der Waals surface area contributed by atoms with Crippen LogP contribution < -0.4 is 0 Å². The average molecular weight is 469 g/mol. The molecule has 2 fully saturated rings. The molecule has 7 heteroatoms. The Bertz CT molecular complexity index is 465. The molecule has 2 rings (SSSR count). The Balaban J connectivity index is 0.000000444. The third kappa shape index (κ3) is 10.1. The van der Waals surface area contributed by atoms with Crippen molar-refractivity contribution in [3.63, 3.8) is 0 Å². The van der Waals surface area contributed by atoms with E-state index in [1.807, 2.05) is 0 Å². The van der Waals surface area contributed by atoms with Crippen LogP contribution in [0.3, 0.4) is 0 Å². The van der Waals surface area contributed by atoms with E-state index in [4.69, 9.17) is 25.7 Å². The van der Waals surface area contributed by atoms with Crippen molar-refractivity contribution < 1.29 is 19.7 Å². The largest absolute Gasteiger partial charge is 0.416 e. The summed E-state index contributed by atoms with van der Waals surface area (Å²) in [5.41, 5.74) is 0.0789. The molecule has 29 heavy (non-hydrogen) atoms. The predicted molar refractivity (Wildman–Crippen MR) is 131 cm³/mol. The van der Waals surface area contributed by atoms with Crippen molar-refractivity contribution in [2.45, 2.75) is 103 Å². The Morgan fingerprint density at radius 2 is 1.03 bits per heavy atom. The van der Waals surface area contributed by atoms with Crippen LogP contribution in [0.2, 0.25) is 36.3 Å². The van der Waals surface area contributed by atoms with Crippen LogP contribution in [-0.2, 0) is 4.43 Å². The van der Waals surface area contributed by atoms with Crippen molar-refractivity contribution in [2.24, 2.45) is 10.8 Å². The number of hydrogen-bond acceptors (Lipinski definition) is 4. The van der Waals surface area contributed by atoms with E-state index >= 15 is 0 Å². The van der Waals surface area contributed by atoms with Crippen LogP contribution >= 0.6 is 11.1 Å². The molecule has 0 atom stereocenters. The van der Waals surface area contributed by atoms with Gasteiger partial charge in [0.2, 0.25) is 0 Å². The molecule has 2 aliphatic rings. The van der Waals surface area contributed by atoms with Gasteiger partial charge in [0, 0.05) is 17.4 Å². The summed E-state index contributed by atoms with van der Waals surface area (Å²) in [5.74, 6) is 0. The topological polar surface area (TPSA) is 69.9 Å². The molecule has 2 saturated carbocycles. The van der Waals surface area contributed by atoms with Crippen molar-refractivity contribution in [3.8, 4) is 0 Å². The first-order valence-electron chi connectivity index (χ1n) is 11.0. The molecule has 0 aromatic rings. The summed E-state index contributed by atoms with van der Waals surface area (Å²) in [6, 6.07) is 0. The van der Waals surface area contributed by atoms with Gasteiger partial charge in [-0.1, -0.05) is 54.6 Å². The van der Waals surface area contributed by atoms with Gasteiger partial charge < -0.3 is 19.7 Å². The molecule has 2 aliphatic carbocycles. The van der Waals surface area contributed by atoms with Crippen LogP contribution in [-0.4, -0.2) is 57.4 Å². The molecular weight excluding hydrogens is 420 g/mol. The molecule has 0 spiro atoms. The molecule has 3 N–H and O–H groups in total. The molecule has 0 aromatic heterocycles. The highest BCUT2D eigenvalue weighted by molar-refractivity contribution is 7.20. The zero-order valence-corrected chi connectivity index (χ0v) is 23.5. The third-order valence-corrected chi connectivity index (χ3v) is 17.0. The van der Waals surface area contributed by atoms with Crippen LogP contribution in [0, 0.1) is 10.8 Å². The van der Waals surface area contributed by atoms with E-state index in [9.17, 15) is 5.11 Å². The second-order valence-electron chi connectivity index (χ2n) is 12.2. The Hall–Kier alpha value is 0.564. The van der Waals surface area contributed by atoms with Crippen LogP contribution in [0.5, 0.6) is 0 Å². The minimum absolute atomic E-state index is 0.0556. The minimum Gasteiger partial charge on any atom is -0.416 e. The molecular formula is C22H49ClO4Si2. The maximum atomic E-state index is 9.19. The first-order chi connectivity index (χ1) is 12.8. The molecule has 0 aliphatic heterocycles. The smallest absolute Gasteiger partial charge is 0.192 e. The first-order valence-corrected chi connectivity index (χ1v) is 17.9. The van der Waals surface area contributed by atoms with Crippen molar-refractivity contribution in [3.05, 3.63) is 0 Å². The normalized spacial score (nSPS) is 20.1. The van der Waals surface area contributed by atoms with Crippen molar-refractivity contribution >= 4 is 26.8 Å². The maximum absolute atomic E-state index is 9.19. The number of rotatable bonds is 6. The Labute approximate surface area is 187 Å². The maximum Gasteiger partial charge on any atom is 0.192 e. The molecule has 0 unspecified atom stereocenters. The van der Waals surface area contributed by atoms with Crippen LogP contribution in [0.1, 0.15) is 67.2 Å². The zero-order chi connectivity index (χ0) is 23.4. The van der Waals surface area contributed by atoms with E-state index < -0.39 is 15.7 Å². The molecule has 0 heterocycles. The van der Waals surface area contributed by atoms with E-state index in [2.05, 4.69) is 67.7 Å². The van der Waals surface area contributed by atoms with Gasteiger partial charge in [0.05, 0.1) is 19.8 Å². The fourth-order valence-corrected chi connectivity index (χ4v) is 2.72. The molecule has 0 aromatic carbocycles. The Morgan fingerprint density at radius 3 is 1.17 bits per heavy atom. The Morgan fingerprint density at radius 1 is 0.724 bits per heavy atom. The number of hydrogen-bond donors (Lipinski definition) is 3. The van der Waals surface area contributed by atoms with Crippen molar-refractivity contribution in [1.29, 1.82) is 0 Å². The van der Waals surface area contributed by atoms with Gasteiger partial charge in [0.1, 0.15) is 0 Å². The van der Waals surface area contributed by atoms with Gasteiger partial charge in [-0.2, -0.15) is 11.1 Å². The van der Waals surface area contributed by atoms with Crippen LogP contribution in [0.4, 0.5) is 0 Å². The first kappa shape index (κ1) is 29.6. The highest BCUT2D eigenvalue weighted by Gasteiger charge is 2.46. The molecule has 0 bridgehead atoms. The van der Waals surface area contributed by atoms with E-state index in [0.717, 1.165) is 32.3 Å². The summed E-state index contributed by atoms with van der Waals surface area (Å²) >= 11 is 6.15. The van der Waals surface area contributed by atoms with Gasteiger partial charge in [-0.25, -0.2) is 0 Å². The van der Waals surface area contributed by atoms with Crippen molar-refractivity contribution in [2.75, 3.05) is 26.4 Å². The van der Waals surface area contributed by atoms with Crippen LogP contribution in [0.15, 0.2) is 0 Å². The van der Waals surface area contributed by atoms with E-state index in [1.165, 1.54) is 0 Å². The van der Waals surface area contributed by atoms with E-state index in [1.54, 1.807) is 0 Å². The lowest BCUT2D eigenvalue weighted by Gasteiger charge is -2.37. The van der Waals surface area contributed by atoms with Gasteiger partial charge in [-0.3, -0.25) is 0 Å². The van der Waals surface area contributed by atoms with Gasteiger partial charge in [-0.15, -0.1) is 0 Å². The molecule has 4 nitrogen and oxygen atoms in total. The Kier molecular flexibility index (Phi) is 10.7. The lowest BCUT2D eigenvalue weighted by molar-refractivity contribution is 0.134. The van der Waals surface area contributed by atoms with Gasteiger partial charge in [0.15, 0.2) is 15.7 Å². The van der Waals surface area contributed by atoms with E-state index in [0.29, 0.717) is 11.6 Å². The summed E-state index contributed by atoms with van der Waals surface area (Å²) in [4.78, 5) is 0. The molecule has 0 amide bonds. The fourth-order valence-electron chi connectivity index (χ4n) is 1.62. The summed E-state index contributed by atoms with van der Waals surface area (Å²) in [6.45, 7) is 23.6. The predicted octanol–water partition coefficient (Wildman–Crippen LogP) is 5.76. The highest BCUT2D eigenvalue weighted by Crippen LogP contribution is 2.47. The van der Waals surface area contributed by atoms with Crippen molar-refractivity contribution in [1.82, 2.24) is 0 Å². The monoisotopic (exact) mass is 468 g/mol. The molecule has 0 radical (unpaired) electrons. The molecule has 0 saturated heterocycles. The fraction of sp³-hybridized carbons (Fsp3) is 1.00. The standard InChI is InChI=1S/C11H24O2Si.C6H15ClSi.C5H10O2/c1-10(2,3)14(4,5)13-9-11(8-12)6-7-11;1-6(2,3)8(4,5)7;6-3-5(4-7)1-2-5/h12H,6-9H2,1-5H3;1-5H3;6-7H,1-4H2. The number of aliphatic hydroxyl groups excluding tert-OH is 3. The summed E-state index contributed by atoms with van der Waals surface area (Å²) < 4.78 is 6.09. The summed E-state index contributed by atoms with van der Waals surface area (Å²) in [5, 5.41) is 26.8. The quantitative estimate of drug-likeness (QED) is 0.342. The average Bonchev–Trinajstić information content (AvgIpc) is 3.47. The second-order valence-corrected chi connectivity index (χ2v) is 24.3. The number of aliphatic hydroxyl groups is 3. The van der Waals surface area contributed by atoms with E-state index in [-0.39, 0.29) is 29.1 Å². The SMILES string of the molecule is CC(C)(C)[Si](C)(C)Cl.CC(C)(C)[Si](C)(C)OCC1(CO)CC1.OCC1(CO)CC1. The second kappa shape index (κ2) is 10.5. The number of halogens is 1.